The summed E-state index contributed by atoms with van der Waals surface area (Å²) < 4.78 is 60.5. The summed E-state index contributed by atoms with van der Waals surface area (Å²) >= 11 is 0. The first kappa shape index (κ1) is 20.1. The number of halogens is 4. The lowest BCUT2D eigenvalue weighted by Gasteiger charge is -2.21. The maximum absolute atomic E-state index is 14.1. The van der Waals surface area contributed by atoms with Crippen LogP contribution in [0.2, 0.25) is 0 Å². The molecule has 4 rings (SSSR count). The van der Waals surface area contributed by atoms with E-state index < -0.39 is 29.9 Å². The topological polar surface area (TPSA) is 68.5 Å². The molecule has 1 amide bonds. The number of alkyl halides is 3. The number of para-hydroxylation sites is 1. The van der Waals surface area contributed by atoms with Crippen LogP contribution in [0.25, 0.3) is 16.9 Å². The van der Waals surface area contributed by atoms with Crippen molar-refractivity contribution < 1.29 is 27.1 Å². The van der Waals surface area contributed by atoms with E-state index >= 15 is 0 Å². The molecule has 0 radical (unpaired) electrons. The SMILES string of the molecule is COc1c(F)cccc1-c1cc(C)n2ncc(C(=O)NC(C3CC3)C(F)(F)F)c2n1. The first-order valence-corrected chi connectivity index (χ1v) is 9.26. The Bertz CT molecular complexity index is 1120. The van der Waals surface area contributed by atoms with E-state index in [1.807, 2.05) is 0 Å². The molecule has 158 valence electrons. The van der Waals surface area contributed by atoms with Gasteiger partial charge in [-0.2, -0.15) is 18.3 Å². The predicted molar refractivity (Wildman–Crippen MR) is 99.7 cm³/mol. The van der Waals surface area contributed by atoms with Gasteiger partial charge in [0.15, 0.2) is 17.2 Å². The molecule has 2 aromatic heterocycles. The number of aromatic nitrogens is 3. The minimum atomic E-state index is -4.54. The molecule has 0 spiro atoms. The Morgan fingerprint density at radius 3 is 2.70 bits per heavy atom. The molecule has 6 nitrogen and oxygen atoms in total. The van der Waals surface area contributed by atoms with E-state index in [9.17, 15) is 22.4 Å². The van der Waals surface area contributed by atoms with Crippen LogP contribution in [-0.4, -0.2) is 39.8 Å². The number of carbonyl (C=O) groups is 1. The lowest BCUT2D eigenvalue weighted by Crippen LogP contribution is -2.46. The number of carbonyl (C=O) groups excluding carboxylic acids is 1. The Hall–Kier alpha value is -3.17. The van der Waals surface area contributed by atoms with Gasteiger partial charge in [0.25, 0.3) is 5.91 Å². The third kappa shape index (κ3) is 3.57. The smallest absolute Gasteiger partial charge is 0.408 e. The highest BCUT2D eigenvalue weighted by Crippen LogP contribution is 2.40. The molecule has 1 fully saturated rings. The van der Waals surface area contributed by atoms with Crippen LogP contribution in [-0.2, 0) is 0 Å². The lowest BCUT2D eigenvalue weighted by molar-refractivity contribution is -0.158. The molecule has 1 N–H and O–H groups in total. The fourth-order valence-electron chi connectivity index (χ4n) is 3.44. The van der Waals surface area contributed by atoms with Gasteiger partial charge >= 0.3 is 6.18 Å². The average molecular weight is 422 g/mol. The third-order valence-electron chi connectivity index (χ3n) is 5.07. The molecule has 1 aliphatic rings. The minimum absolute atomic E-state index is 0.0230. The van der Waals surface area contributed by atoms with Crippen LogP contribution in [0.5, 0.6) is 5.75 Å². The molecule has 2 heterocycles. The van der Waals surface area contributed by atoms with E-state index in [4.69, 9.17) is 4.74 Å². The number of nitrogens with one attached hydrogen (secondary N) is 1. The van der Waals surface area contributed by atoms with Crippen molar-refractivity contribution in [2.45, 2.75) is 32.0 Å². The van der Waals surface area contributed by atoms with E-state index in [-0.39, 0.29) is 17.0 Å². The van der Waals surface area contributed by atoms with Crippen molar-refractivity contribution in [2.24, 2.45) is 5.92 Å². The standard InChI is InChI=1S/C20H18F4N4O2/c1-10-8-15(12-4-3-5-14(21)16(12)30-2)26-18-13(9-25-28(10)18)19(29)27-17(11-6-7-11)20(22,23)24/h3-5,8-9,11,17H,6-7H2,1-2H3,(H,27,29). The normalized spacial score (nSPS) is 15.3. The molecule has 10 heteroatoms. The molecule has 1 unspecified atom stereocenters. The van der Waals surface area contributed by atoms with Crippen LogP contribution >= 0.6 is 0 Å². The molecule has 30 heavy (non-hydrogen) atoms. The van der Waals surface area contributed by atoms with Gasteiger partial charge in [0.2, 0.25) is 0 Å². The summed E-state index contributed by atoms with van der Waals surface area (Å²) in [6.07, 6.45) is -2.53. The number of fused-ring (bicyclic) bond motifs is 1. The summed E-state index contributed by atoms with van der Waals surface area (Å²) in [4.78, 5) is 17.0. The highest BCUT2D eigenvalue weighted by atomic mass is 19.4. The van der Waals surface area contributed by atoms with Crippen molar-refractivity contribution in [1.82, 2.24) is 19.9 Å². The fraction of sp³-hybridized carbons (Fsp3) is 0.350. The molecule has 1 aliphatic carbocycles. The van der Waals surface area contributed by atoms with Crippen molar-refractivity contribution in [3.05, 3.63) is 47.5 Å². The van der Waals surface area contributed by atoms with Gasteiger partial charge in [0, 0.05) is 11.3 Å². The zero-order valence-electron chi connectivity index (χ0n) is 16.1. The molecule has 1 atom stereocenters. The summed E-state index contributed by atoms with van der Waals surface area (Å²) in [5.74, 6) is -2.13. The van der Waals surface area contributed by atoms with Crippen molar-refractivity contribution in [1.29, 1.82) is 0 Å². The van der Waals surface area contributed by atoms with Gasteiger partial charge in [-0.15, -0.1) is 0 Å². The second-order valence-electron chi connectivity index (χ2n) is 7.23. The number of ether oxygens (including phenoxy) is 1. The Balaban J connectivity index is 1.76. The molecule has 0 saturated heterocycles. The largest absolute Gasteiger partial charge is 0.493 e. The van der Waals surface area contributed by atoms with Gasteiger partial charge in [-0.25, -0.2) is 13.9 Å². The number of nitrogens with zero attached hydrogens (tertiary/aromatic N) is 3. The van der Waals surface area contributed by atoms with Crippen molar-refractivity contribution in [2.75, 3.05) is 7.11 Å². The maximum Gasteiger partial charge on any atom is 0.408 e. The Morgan fingerprint density at radius 2 is 2.07 bits per heavy atom. The predicted octanol–water partition coefficient (Wildman–Crippen LogP) is 3.92. The van der Waals surface area contributed by atoms with E-state index in [2.05, 4.69) is 15.4 Å². The van der Waals surface area contributed by atoms with Crippen LogP contribution in [0.15, 0.2) is 30.5 Å². The molecule has 1 saturated carbocycles. The number of rotatable bonds is 5. The molecule has 3 aromatic rings. The van der Waals surface area contributed by atoms with Gasteiger partial charge in [-0.1, -0.05) is 6.07 Å². The van der Waals surface area contributed by atoms with Crippen LogP contribution in [0.3, 0.4) is 0 Å². The first-order valence-electron chi connectivity index (χ1n) is 9.26. The number of amides is 1. The average Bonchev–Trinajstić information content (AvgIpc) is 3.42. The minimum Gasteiger partial charge on any atom is -0.493 e. The second-order valence-corrected chi connectivity index (χ2v) is 7.23. The third-order valence-corrected chi connectivity index (χ3v) is 5.07. The van der Waals surface area contributed by atoms with Crippen LogP contribution < -0.4 is 10.1 Å². The molecular weight excluding hydrogens is 404 g/mol. The summed E-state index contributed by atoms with van der Waals surface area (Å²) in [5.41, 5.74) is 1.20. The van der Waals surface area contributed by atoms with E-state index in [1.54, 1.807) is 19.1 Å². The number of methoxy groups -OCH3 is 1. The second kappa shape index (κ2) is 7.26. The molecule has 0 aliphatic heterocycles. The lowest BCUT2D eigenvalue weighted by atomic mass is 10.1. The monoisotopic (exact) mass is 422 g/mol. The van der Waals surface area contributed by atoms with Crippen molar-refractivity contribution >= 4 is 11.6 Å². The molecular formula is C20H18F4N4O2. The van der Waals surface area contributed by atoms with E-state index in [1.165, 1.54) is 30.0 Å². The summed E-state index contributed by atoms with van der Waals surface area (Å²) in [6, 6.07) is 4.04. The van der Waals surface area contributed by atoms with Crippen molar-refractivity contribution in [3.63, 3.8) is 0 Å². The highest BCUT2D eigenvalue weighted by Gasteiger charge is 2.49. The molecule has 1 aromatic carbocycles. The maximum atomic E-state index is 14.1. The highest BCUT2D eigenvalue weighted by molar-refractivity contribution is 6.00. The number of hydrogen-bond acceptors (Lipinski definition) is 4. The van der Waals surface area contributed by atoms with Gasteiger partial charge in [0.1, 0.15) is 11.6 Å². The Morgan fingerprint density at radius 1 is 1.33 bits per heavy atom. The van der Waals surface area contributed by atoms with Crippen LogP contribution in [0, 0.1) is 18.7 Å². The van der Waals surface area contributed by atoms with E-state index in [0.29, 0.717) is 29.8 Å². The van der Waals surface area contributed by atoms with Gasteiger partial charge < -0.3 is 10.1 Å². The first-order chi connectivity index (χ1) is 14.2. The van der Waals surface area contributed by atoms with Gasteiger partial charge in [0.05, 0.1) is 19.0 Å². The quantitative estimate of drug-likeness (QED) is 0.633. The zero-order valence-corrected chi connectivity index (χ0v) is 16.1. The number of aryl methyl sites for hydroxylation is 1. The Kier molecular flexibility index (Phi) is 4.87. The summed E-state index contributed by atoms with van der Waals surface area (Å²) in [7, 11) is 1.32. The van der Waals surface area contributed by atoms with Crippen LogP contribution in [0.1, 0.15) is 28.9 Å². The van der Waals surface area contributed by atoms with Crippen molar-refractivity contribution in [3.8, 4) is 17.0 Å². The zero-order chi connectivity index (χ0) is 21.6. The summed E-state index contributed by atoms with van der Waals surface area (Å²) in [6.45, 7) is 1.70. The van der Waals surface area contributed by atoms with Gasteiger partial charge in [-0.05, 0) is 43.9 Å². The number of hydrogen-bond donors (Lipinski definition) is 1. The number of benzene rings is 1. The summed E-state index contributed by atoms with van der Waals surface area (Å²) in [5, 5.41) is 6.15. The van der Waals surface area contributed by atoms with E-state index in [0.717, 1.165) is 0 Å². The van der Waals surface area contributed by atoms with Gasteiger partial charge in [-0.3, -0.25) is 4.79 Å². The fourth-order valence-corrected chi connectivity index (χ4v) is 3.44. The Labute approximate surface area is 168 Å². The van der Waals surface area contributed by atoms with Crippen LogP contribution in [0.4, 0.5) is 17.6 Å². The molecule has 0 bridgehead atoms.